The lowest BCUT2D eigenvalue weighted by Gasteiger charge is -2.13. The first-order valence-electron chi connectivity index (χ1n) is 7.88. The van der Waals surface area contributed by atoms with Crippen molar-refractivity contribution in [1.82, 2.24) is 0 Å². The molecule has 3 aromatic carbocycles. The van der Waals surface area contributed by atoms with Crippen LogP contribution in [0.15, 0.2) is 54.6 Å². The van der Waals surface area contributed by atoms with Crippen molar-refractivity contribution in [3.63, 3.8) is 0 Å². The summed E-state index contributed by atoms with van der Waals surface area (Å²) >= 11 is 18.1. The minimum atomic E-state index is -0.0119. The van der Waals surface area contributed by atoms with Gasteiger partial charge in [0.05, 0.1) is 10.7 Å². The Labute approximate surface area is 167 Å². The van der Waals surface area contributed by atoms with Gasteiger partial charge in [0.25, 0.3) is 0 Å². The van der Waals surface area contributed by atoms with Crippen LogP contribution in [0.5, 0.6) is 17.2 Å². The molecular formula is C20H16Cl3NO2. The molecule has 0 fully saturated rings. The van der Waals surface area contributed by atoms with E-state index in [0.29, 0.717) is 39.3 Å². The van der Waals surface area contributed by atoms with E-state index in [2.05, 4.69) is 5.32 Å². The molecule has 0 heterocycles. The van der Waals surface area contributed by atoms with E-state index in [1.165, 1.54) is 0 Å². The quantitative estimate of drug-likeness (QED) is 0.444. The van der Waals surface area contributed by atoms with E-state index < -0.39 is 0 Å². The highest BCUT2D eigenvalue weighted by Gasteiger charge is 2.12. The second-order valence-electron chi connectivity index (χ2n) is 5.75. The molecule has 6 heteroatoms. The van der Waals surface area contributed by atoms with Gasteiger partial charge in [-0.2, -0.15) is 0 Å². The summed E-state index contributed by atoms with van der Waals surface area (Å²) in [5.74, 6) is 1.40. The van der Waals surface area contributed by atoms with Crippen LogP contribution in [0, 0.1) is 6.92 Å². The molecule has 0 spiro atoms. The molecule has 0 radical (unpaired) electrons. The second-order valence-corrected chi connectivity index (χ2v) is 6.97. The number of ether oxygens (including phenoxy) is 1. The highest BCUT2D eigenvalue weighted by molar-refractivity contribution is 6.37. The number of nitrogens with one attached hydrogen (secondary N) is 1. The summed E-state index contributed by atoms with van der Waals surface area (Å²) in [5.41, 5.74) is 2.10. The smallest absolute Gasteiger partial charge is 0.157 e. The summed E-state index contributed by atoms with van der Waals surface area (Å²) in [4.78, 5) is 0. The molecule has 0 aromatic heterocycles. The Kier molecular flexibility index (Phi) is 5.82. The van der Waals surface area contributed by atoms with Crippen LogP contribution >= 0.6 is 34.8 Å². The number of benzene rings is 3. The first-order chi connectivity index (χ1) is 12.4. The molecule has 0 aliphatic carbocycles. The molecule has 3 rings (SSSR count). The number of halogens is 3. The topological polar surface area (TPSA) is 41.5 Å². The maximum Gasteiger partial charge on any atom is 0.157 e. The Hall–Kier alpha value is -2.07. The lowest BCUT2D eigenvalue weighted by molar-refractivity contribution is 0.477. The van der Waals surface area contributed by atoms with Crippen molar-refractivity contribution in [3.05, 3.63) is 80.8 Å². The maximum absolute atomic E-state index is 10.2. The Bertz CT molecular complexity index is 927. The fourth-order valence-corrected chi connectivity index (χ4v) is 2.98. The van der Waals surface area contributed by atoms with E-state index in [1.807, 2.05) is 36.4 Å². The van der Waals surface area contributed by atoms with Crippen molar-refractivity contribution in [3.8, 4) is 17.2 Å². The molecule has 0 aliphatic heterocycles. The third-order valence-electron chi connectivity index (χ3n) is 3.85. The Morgan fingerprint density at radius 1 is 0.962 bits per heavy atom. The molecule has 0 unspecified atom stereocenters. The lowest BCUT2D eigenvalue weighted by atomic mass is 10.1. The van der Waals surface area contributed by atoms with Crippen molar-refractivity contribution in [2.75, 3.05) is 5.32 Å². The molecule has 0 atom stereocenters. The third kappa shape index (κ3) is 4.36. The molecule has 2 N–H and O–H groups in total. The zero-order chi connectivity index (χ0) is 18.7. The SMILES string of the molecule is Cc1c(Cl)cc(NCc2cccc(Oc3ccc(Cl)cc3)c2)c(O)c1Cl. The van der Waals surface area contributed by atoms with Gasteiger partial charge in [-0.15, -0.1) is 0 Å². The maximum atomic E-state index is 10.2. The Balaban J connectivity index is 1.72. The lowest BCUT2D eigenvalue weighted by Crippen LogP contribution is -2.00. The van der Waals surface area contributed by atoms with Gasteiger partial charge >= 0.3 is 0 Å². The highest BCUT2D eigenvalue weighted by atomic mass is 35.5. The minimum absolute atomic E-state index is 0.0119. The van der Waals surface area contributed by atoms with Gasteiger partial charge in [0.1, 0.15) is 11.5 Å². The molecule has 0 saturated heterocycles. The van der Waals surface area contributed by atoms with Gasteiger partial charge in [0.2, 0.25) is 0 Å². The zero-order valence-electron chi connectivity index (χ0n) is 13.9. The van der Waals surface area contributed by atoms with E-state index in [4.69, 9.17) is 39.5 Å². The number of aromatic hydroxyl groups is 1. The summed E-state index contributed by atoms with van der Waals surface area (Å²) < 4.78 is 5.83. The predicted octanol–water partition coefficient (Wildman–Crippen LogP) is 7.07. The second kappa shape index (κ2) is 8.09. The summed E-state index contributed by atoms with van der Waals surface area (Å²) in [6.45, 7) is 2.23. The van der Waals surface area contributed by atoms with Gasteiger partial charge in [0.15, 0.2) is 5.75 Å². The van der Waals surface area contributed by atoms with Crippen LogP contribution in [-0.2, 0) is 6.54 Å². The van der Waals surface area contributed by atoms with E-state index in [0.717, 1.165) is 5.56 Å². The molecule has 26 heavy (non-hydrogen) atoms. The molecular weight excluding hydrogens is 393 g/mol. The molecule has 0 saturated carbocycles. The zero-order valence-corrected chi connectivity index (χ0v) is 16.2. The fraction of sp³-hybridized carbons (Fsp3) is 0.100. The summed E-state index contributed by atoms with van der Waals surface area (Å²) in [6, 6.07) is 16.5. The standard InChI is InChI=1S/C20H16Cl3NO2/c1-12-17(22)10-18(20(25)19(12)23)24-11-13-3-2-4-16(9-13)26-15-7-5-14(21)6-8-15/h2-10,24-25H,11H2,1H3. The summed E-state index contributed by atoms with van der Waals surface area (Å²) in [6.07, 6.45) is 0. The van der Waals surface area contributed by atoms with Crippen molar-refractivity contribution < 1.29 is 9.84 Å². The molecule has 3 aromatic rings. The van der Waals surface area contributed by atoms with Crippen molar-refractivity contribution in [1.29, 1.82) is 0 Å². The normalized spacial score (nSPS) is 10.6. The largest absolute Gasteiger partial charge is 0.504 e. The number of rotatable bonds is 5. The number of hydrogen-bond acceptors (Lipinski definition) is 3. The predicted molar refractivity (Wildman–Crippen MR) is 108 cm³/mol. The Morgan fingerprint density at radius 3 is 2.42 bits per heavy atom. The van der Waals surface area contributed by atoms with Gasteiger partial charge in [-0.25, -0.2) is 0 Å². The molecule has 0 amide bonds. The van der Waals surface area contributed by atoms with Gasteiger partial charge in [-0.05, 0) is 60.5 Å². The average Bonchev–Trinajstić information content (AvgIpc) is 2.64. The van der Waals surface area contributed by atoms with Crippen LogP contribution in [0.2, 0.25) is 15.1 Å². The van der Waals surface area contributed by atoms with Gasteiger partial charge in [-0.3, -0.25) is 0 Å². The van der Waals surface area contributed by atoms with E-state index >= 15 is 0 Å². The molecule has 0 aliphatic rings. The summed E-state index contributed by atoms with van der Waals surface area (Å²) in [7, 11) is 0. The van der Waals surface area contributed by atoms with E-state index in [1.54, 1.807) is 25.1 Å². The Morgan fingerprint density at radius 2 is 1.69 bits per heavy atom. The monoisotopic (exact) mass is 407 g/mol. The third-order valence-corrected chi connectivity index (χ3v) is 4.96. The first-order valence-corrected chi connectivity index (χ1v) is 9.01. The van der Waals surface area contributed by atoms with Crippen LogP contribution in [0.4, 0.5) is 5.69 Å². The van der Waals surface area contributed by atoms with E-state index in [9.17, 15) is 5.11 Å². The highest BCUT2D eigenvalue weighted by Crippen LogP contribution is 2.39. The average molecular weight is 409 g/mol. The van der Waals surface area contributed by atoms with Gasteiger partial charge in [-0.1, -0.05) is 46.9 Å². The van der Waals surface area contributed by atoms with Gasteiger partial charge < -0.3 is 15.2 Å². The van der Waals surface area contributed by atoms with Crippen molar-refractivity contribution in [2.45, 2.75) is 13.5 Å². The summed E-state index contributed by atoms with van der Waals surface area (Å²) in [5, 5.41) is 14.7. The van der Waals surface area contributed by atoms with Crippen LogP contribution in [-0.4, -0.2) is 5.11 Å². The van der Waals surface area contributed by atoms with Crippen LogP contribution in [0.25, 0.3) is 0 Å². The first kappa shape index (κ1) is 18.7. The number of hydrogen-bond donors (Lipinski definition) is 2. The van der Waals surface area contributed by atoms with Crippen molar-refractivity contribution >= 4 is 40.5 Å². The number of phenols is 1. The van der Waals surface area contributed by atoms with Gasteiger partial charge in [0, 0.05) is 16.6 Å². The number of phenolic OH excluding ortho intramolecular Hbond substituents is 1. The van der Waals surface area contributed by atoms with Crippen molar-refractivity contribution in [2.24, 2.45) is 0 Å². The fourth-order valence-electron chi connectivity index (χ4n) is 2.39. The number of anilines is 1. The van der Waals surface area contributed by atoms with Crippen LogP contribution in [0.3, 0.4) is 0 Å². The molecule has 0 bridgehead atoms. The van der Waals surface area contributed by atoms with Crippen LogP contribution < -0.4 is 10.1 Å². The van der Waals surface area contributed by atoms with E-state index in [-0.39, 0.29) is 10.8 Å². The molecule has 3 nitrogen and oxygen atoms in total. The van der Waals surface area contributed by atoms with Crippen LogP contribution in [0.1, 0.15) is 11.1 Å². The minimum Gasteiger partial charge on any atom is -0.504 e. The molecule has 134 valence electrons.